The molecule has 0 atom stereocenters. The van der Waals surface area contributed by atoms with Crippen LogP contribution in [0.3, 0.4) is 0 Å². The molecule has 0 bridgehead atoms. The summed E-state index contributed by atoms with van der Waals surface area (Å²) in [5.74, 6) is 0. The van der Waals surface area contributed by atoms with Gasteiger partial charge in [-0.25, -0.2) is 0 Å². The Morgan fingerprint density at radius 1 is 1.14 bits per heavy atom. The smallest absolute Gasteiger partial charge is 1.00 e. The molecule has 0 aromatic carbocycles. The fourth-order valence-electron chi connectivity index (χ4n) is 0. The van der Waals surface area contributed by atoms with Crippen LogP contribution in [0.25, 0.3) is 0 Å². The van der Waals surface area contributed by atoms with Crippen molar-refractivity contribution in [3.05, 3.63) is 15.3 Å². The summed E-state index contributed by atoms with van der Waals surface area (Å²) in [7, 11) is 0. The SMILES string of the molecule is O=[N+]([O-])[O-].[F-].[Mg+2].[Mg+2]. The van der Waals surface area contributed by atoms with Gasteiger partial charge < -0.3 is 20.0 Å². The number of hydrogen-bond donors (Lipinski definition) is 0. The molecule has 0 aliphatic rings. The van der Waals surface area contributed by atoms with Gasteiger partial charge in [0.1, 0.15) is 0 Å². The summed E-state index contributed by atoms with van der Waals surface area (Å²) in [6.45, 7) is 0. The van der Waals surface area contributed by atoms with Gasteiger partial charge >= 0.3 is 46.1 Å². The fraction of sp³-hybridized carbons (Fsp3) is 0. The molecular weight excluding hydrogens is 130 g/mol. The van der Waals surface area contributed by atoms with Crippen molar-refractivity contribution in [1.29, 1.82) is 0 Å². The Morgan fingerprint density at radius 3 is 1.14 bits per heavy atom. The van der Waals surface area contributed by atoms with E-state index in [-0.39, 0.29) is 50.8 Å². The standard InChI is InChI=1S/FH.2Mg.NO3/c;;;2-1(3)4/h1H;;;/q;2*+2;-1/p-1. The summed E-state index contributed by atoms with van der Waals surface area (Å²) < 4.78 is 0. The molecule has 0 spiro atoms. The van der Waals surface area contributed by atoms with E-state index in [4.69, 9.17) is 15.3 Å². The molecule has 0 aliphatic heterocycles. The Hall–Kier alpha value is 0.662. The minimum Gasteiger partial charge on any atom is -1.00 e. The van der Waals surface area contributed by atoms with Gasteiger partial charge in [0.2, 0.25) is 0 Å². The maximum absolute atomic E-state index is 8.25. The zero-order valence-electron chi connectivity index (χ0n) is 3.46. The van der Waals surface area contributed by atoms with E-state index >= 15 is 0 Å². The molecule has 0 rings (SSSR count). The van der Waals surface area contributed by atoms with E-state index in [2.05, 4.69) is 0 Å². The topological polar surface area (TPSA) is 66.2 Å². The van der Waals surface area contributed by atoms with Crippen molar-refractivity contribution in [2.24, 2.45) is 0 Å². The van der Waals surface area contributed by atoms with E-state index in [1.54, 1.807) is 0 Å². The van der Waals surface area contributed by atoms with Crippen molar-refractivity contribution in [3.63, 3.8) is 0 Å². The Kier molecular flexibility index (Phi) is 57.7. The van der Waals surface area contributed by atoms with Crippen LogP contribution in [-0.4, -0.2) is 51.2 Å². The summed E-state index contributed by atoms with van der Waals surface area (Å²) >= 11 is 0. The maximum atomic E-state index is 8.25. The van der Waals surface area contributed by atoms with Gasteiger partial charge in [-0.2, -0.15) is 0 Å². The van der Waals surface area contributed by atoms with Gasteiger partial charge in [0.15, 0.2) is 0 Å². The van der Waals surface area contributed by atoms with Crippen LogP contribution in [0, 0.1) is 15.3 Å². The fourth-order valence-corrected chi connectivity index (χ4v) is 0. The second-order valence-electron chi connectivity index (χ2n) is 0.224. The van der Waals surface area contributed by atoms with E-state index in [1.807, 2.05) is 0 Å². The van der Waals surface area contributed by atoms with Gasteiger partial charge in [0, 0.05) is 0 Å². The van der Waals surface area contributed by atoms with Gasteiger partial charge in [0.25, 0.3) is 0 Å². The number of nitrogens with zero attached hydrogens (tertiary/aromatic N) is 1. The van der Waals surface area contributed by atoms with Gasteiger partial charge in [-0.3, -0.25) is 0 Å². The third-order valence-corrected chi connectivity index (χ3v) is 0. The van der Waals surface area contributed by atoms with Crippen LogP contribution < -0.4 is 4.70 Å². The van der Waals surface area contributed by atoms with Gasteiger partial charge in [0.05, 0.1) is 5.09 Å². The first-order chi connectivity index (χ1) is 1.73. The molecule has 32 valence electrons. The average Bonchev–Trinajstić information content (AvgIpc) is 0.811. The van der Waals surface area contributed by atoms with Crippen LogP contribution in [0.4, 0.5) is 0 Å². The summed E-state index contributed by atoms with van der Waals surface area (Å²) in [6, 6.07) is 0. The molecule has 0 aromatic heterocycles. The first kappa shape index (κ1) is 25.4. The molecule has 0 heterocycles. The molecule has 0 aromatic rings. The third-order valence-electron chi connectivity index (χ3n) is 0. The van der Waals surface area contributed by atoms with Gasteiger partial charge in [-0.15, -0.1) is 0 Å². The molecule has 7 heavy (non-hydrogen) atoms. The summed E-state index contributed by atoms with van der Waals surface area (Å²) in [6.07, 6.45) is 0. The average molecular weight is 130 g/mol. The number of hydrogen-bond acceptors (Lipinski definition) is 3. The molecule has 0 fully saturated rings. The molecule has 0 N–H and O–H groups in total. The molecule has 4 nitrogen and oxygen atoms in total. The Labute approximate surface area is 71.0 Å². The molecule has 0 saturated heterocycles. The van der Waals surface area contributed by atoms with Crippen LogP contribution in [0.15, 0.2) is 0 Å². The van der Waals surface area contributed by atoms with Crippen LogP contribution >= 0.6 is 0 Å². The van der Waals surface area contributed by atoms with Crippen molar-refractivity contribution < 1.29 is 9.79 Å². The maximum Gasteiger partial charge on any atom is 2.00 e. The zero-order chi connectivity index (χ0) is 3.58. The monoisotopic (exact) mass is 129 g/mol. The van der Waals surface area contributed by atoms with Crippen molar-refractivity contribution in [3.8, 4) is 0 Å². The second kappa shape index (κ2) is 15.9. The largest absolute Gasteiger partial charge is 2.00 e. The first-order valence-corrected chi connectivity index (χ1v) is 0.548. The minimum absolute atomic E-state index is 0. The molecule has 0 saturated carbocycles. The van der Waals surface area contributed by atoms with Crippen LogP contribution in [0.2, 0.25) is 0 Å². The predicted molar refractivity (Wildman–Crippen MR) is 21.9 cm³/mol. The normalized spacial score (nSPS) is 3.43. The van der Waals surface area contributed by atoms with E-state index in [0.29, 0.717) is 0 Å². The summed E-state index contributed by atoms with van der Waals surface area (Å²) in [5.41, 5.74) is 0. The third kappa shape index (κ3) is 330. The van der Waals surface area contributed by atoms with Gasteiger partial charge in [-0.05, 0) is 0 Å². The van der Waals surface area contributed by atoms with Crippen molar-refractivity contribution in [1.82, 2.24) is 0 Å². The Morgan fingerprint density at radius 2 is 1.14 bits per heavy atom. The minimum atomic E-state index is -1.75. The molecule has 0 amide bonds. The summed E-state index contributed by atoms with van der Waals surface area (Å²) in [5, 5.41) is 14.8. The van der Waals surface area contributed by atoms with Crippen LogP contribution in [0.5, 0.6) is 0 Å². The summed E-state index contributed by atoms with van der Waals surface area (Å²) in [4.78, 5) is 8.25. The van der Waals surface area contributed by atoms with Crippen molar-refractivity contribution >= 4 is 46.1 Å². The first-order valence-electron chi connectivity index (χ1n) is 0.548. The Bertz CT molecular complexity index is 35.9. The molecule has 7 heteroatoms. The number of rotatable bonds is 0. The van der Waals surface area contributed by atoms with E-state index in [9.17, 15) is 0 Å². The zero-order valence-corrected chi connectivity index (χ0v) is 6.29. The van der Waals surface area contributed by atoms with Crippen LogP contribution in [0.1, 0.15) is 0 Å². The van der Waals surface area contributed by atoms with Crippen molar-refractivity contribution in [2.45, 2.75) is 0 Å². The van der Waals surface area contributed by atoms with E-state index in [1.165, 1.54) is 0 Å². The van der Waals surface area contributed by atoms with Crippen molar-refractivity contribution in [2.75, 3.05) is 0 Å². The number of halogens is 1. The second-order valence-corrected chi connectivity index (χ2v) is 0.224. The van der Waals surface area contributed by atoms with E-state index in [0.717, 1.165) is 0 Å². The van der Waals surface area contributed by atoms with Gasteiger partial charge in [-0.1, -0.05) is 0 Å². The molecule has 0 aliphatic carbocycles. The quantitative estimate of drug-likeness (QED) is 0.190. The molecule has 0 radical (unpaired) electrons. The van der Waals surface area contributed by atoms with E-state index < -0.39 is 5.09 Å². The van der Waals surface area contributed by atoms with Crippen LogP contribution in [-0.2, 0) is 0 Å². The predicted octanol–water partition coefficient (Wildman–Crippen LogP) is -4.00. The Balaban J connectivity index is -0.0000000150. The molecule has 0 unspecified atom stereocenters. The molecular formula is FMg2NO3+2.